The summed E-state index contributed by atoms with van der Waals surface area (Å²) in [5.74, 6) is 0.123. The number of hydrogen-bond acceptors (Lipinski definition) is 8. The van der Waals surface area contributed by atoms with Crippen LogP contribution in [0.3, 0.4) is 0 Å². The normalized spacial score (nSPS) is 19.0. The Morgan fingerprint density at radius 2 is 1.76 bits per heavy atom. The maximum atomic E-state index is 13.5. The molecule has 4 rings (SSSR count). The zero-order valence-corrected chi connectivity index (χ0v) is 24.4. The SMILES string of the molecule is CCCCOc1ccc(C2/C(=C(\O)c3cccc(OCCC)c3)C(=O)C(=O)N2CCCN2CCOCC2)cc1OC. The number of ether oxygens (including phenoxy) is 4. The largest absolute Gasteiger partial charge is 0.507 e. The standard InChI is InChI=1S/C32H42N2O7/c1-4-6-18-41-26-12-11-23(22-27(26)38-3)29-28(30(35)24-9-7-10-25(21-24)40-17-5-2)31(36)32(37)34(29)14-8-13-33-15-19-39-20-16-33/h7,9-12,21-22,29,35H,4-6,8,13-20H2,1-3H3/b30-28+. The van der Waals surface area contributed by atoms with E-state index >= 15 is 0 Å². The third-order valence-electron chi connectivity index (χ3n) is 7.36. The number of nitrogens with zero attached hydrogens (tertiary/aromatic N) is 2. The van der Waals surface area contributed by atoms with Gasteiger partial charge in [0.2, 0.25) is 0 Å². The molecule has 9 nitrogen and oxygen atoms in total. The minimum atomic E-state index is -0.779. The van der Waals surface area contributed by atoms with E-state index in [-0.39, 0.29) is 11.3 Å². The predicted molar refractivity (Wildman–Crippen MR) is 157 cm³/mol. The third-order valence-corrected chi connectivity index (χ3v) is 7.36. The molecule has 0 spiro atoms. The fraction of sp³-hybridized carbons (Fsp3) is 0.500. The average molecular weight is 567 g/mol. The van der Waals surface area contributed by atoms with Crippen molar-refractivity contribution >= 4 is 17.4 Å². The van der Waals surface area contributed by atoms with Gasteiger partial charge in [0.05, 0.1) is 45.2 Å². The summed E-state index contributed by atoms with van der Waals surface area (Å²) in [7, 11) is 1.56. The molecule has 2 heterocycles. The highest BCUT2D eigenvalue weighted by molar-refractivity contribution is 6.46. The summed E-state index contributed by atoms with van der Waals surface area (Å²) in [5, 5.41) is 11.5. The van der Waals surface area contributed by atoms with Gasteiger partial charge in [0, 0.05) is 31.7 Å². The zero-order valence-electron chi connectivity index (χ0n) is 24.4. The van der Waals surface area contributed by atoms with Crippen LogP contribution in [0.2, 0.25) is 0 Å². The van der Waals surface area contributed by atoms with Gasteiger partial charge in [-0.15, -0.1) is 0 Å². The molecule has 2 saturated heterocycles. The number of rotatable bonds is 14. The number of unbranched alkanes of at least 4 members (excludes halogenated alkanes) is 1. The highest BCUT2D eigenvalue weighted by Crippen LogP contribution is 2.42. The average Bonchev–Trinajstić information content (AvgIpc) is 3.25. The number of benzene rings is 2. The molecular formula is C32H42N2O7. The van der Waals surface area contributed by atoms with E-state index in [0.29, 0.717) is 67.8 Å². The van der Waals surface area contributed by atoms with Crippen molar-refractivity contribution in [2.24, 2.45) is 0 Å². The van der Waals surface area contributed by atoms with Gasteiger partial charge in [-0.05, 0) is 49.1 Å². The number of morpholine rings is 1. The van der Waals surface area contributed by atoms with Crippen LogP contribution in [0.1, 0.15) is 56.7 Å². The van der Waals surface area contributed by atoms with E-state index in [0.717, 1.165) is 38.9 Å². The molecule has 222 valence electrons. The summed E-state index contributed by atoms with van der Waals surface area (Å²) < 4.78 is 22.7. The number of hydrogen-bond donors (Lipinski definition) is 1. The van der Waals surface area contributed by atoms with Gasteiger partial charge in [-0.2, -0.15) is 0 Å². The van der Waals surface area contributed by atoms with Gasteiger partial charge in [0.25, 0.3) is 11.7 Å². The monoisotopic (exact) mass is 566 g/mol. The first-order chi connectivity index (χ1) is 20.0. The molecule has 0 radical (unpaired) electrons. The number of carbonyl (C=O) groups excluding carboxylic acids is 2. The Morgan fingerprint density at radius 3 is 2.49 bits per heavy atom. The topological polar surface area (TPSA) is 97.8 Å². The van der Waals surface area contributed by atoms with E-state index in [2.05, 4.69) is 11.8 Å². The van der Waals surface area contributed by atoms with E-state index in [1.165, 1.54) is 0 Å². The molecule has 41 heavy (non-hydrogen) atoms. The lowest BCUT2D eigenvalue weighted by Crippen LogP contribution is -2.39. The van der Waals surface area contributed by atoms with Crippen LogP contribution in [0.25, 0.3) is 5.76 Å². The predicted octanol–water partition coefficient (Wildman–Crippen LogP) is 4.81. The molecule has 2 aliphatic rings. The van der Waals surface area contributed by atoms with Crippen LogP contribution < -0.4 is 14.2 Å². The lowest BCUT2D eigenvalue weighted by molar-refractivity contribution is -0.140. The van der Waals surface area contributed by atoms with E-state index in [1.54, 1.807) is 48.4 Å². The summed E-state index contributed by atoms with van der Waals surface area (Å²) in [6.45, 7) is 9.41. The molecule has 1 unspecified atom stereocenters. The molecule has 1 atom stereocenters. The van der Waals surface area contributed by atoms with Crippen molar-refractivity contribution in [2.75, 3.05) is 59.7 Å². The molecule has 2 aromatic rings. The second-order valence-corrected chi connectivity index (χ2v) is 10.3. The van der Waals surface area contributed by atoms with Crippen LogP contribution in [-0.2, 0) is 14.3 Å². The summed E-state index contributed by atoms with van der Waals surface area (Å²) in [4.78, 5) is 30.8. The van der Waals surface area contributed by atoms with Crippen molar-refractivity contribution in [1.82, 2.24) is 9.80 Å². The minimum Gasteiger partial charge on any atom is -0.507 e. The van der Waals surface area contributed by atoms with Crippen LogP contribution >= 0.6 is 0 Å². The molecule has 1 amide bonds. The minimum absolute atomic E-state index is 0.0516. The van der Waals surface area contributed by atoms with Crippen LogP contribution in [0.5, 0.6) is 17.2 Å². The maximum Gasteiger partial charge on any atom is 0.295 e. The molecule has 2 fully saturated rings. The molecule has 1 N–H and O–H groups in total. The van der Waals surface area contributed by atoms with Gasteiger partial charge in [-0.25, -0.2) is 0 Å². The highest BCUT2D eigenvalue weighted by Gasteiger charge is 2.46. The van der Waals surface area contributed by atoms with Gasteiger partial charge >= 0.3 is 0 Å². The van der Waals surface area contributed by atoms with E-state index in [1.807, 2.05) is 13.0 Å². The molecule has 0 saturated carbocycles. The molecule has 0 aliphatic carbocycles. The number of ketones is 1. The van der Waals surface area contributed by atoms with Gasteiger partial charge < -0.3 is 29.0 Å². The summed E-state index contributed by atoms with van der Waals surface area (Å²) >= 11 is 0. The number of aliphatic hydroxyl groups excluding tert-OH is 1. The number of likely N-dealkylation sites (tertiary alicyclic amines) is 1. The lowest BCUT2D eigenvalue weighted by Gasteiger charge is -2.29. The Labute approximate surface area is 242 Å². The first-order valence-electron chi connectivity index (χ1n) is 14.6. The van der Waals surface area contributed by atoms with Crippen molar-refractivity contribution in [1.29, 1.82) is 0 Å². The molecule has 2 aromatic carbocycles. The van der Waals surface area contributed by atoms with Gasteiger partial charge in [0.1, 0.15) is 11.5 Å². The molecule has 2 aliphatic heterocycles. The van der Waals surface area contributed by atoms with Crippen molar-refractivity contribution in [3.63, 3.8) is 0 Å². The van der Waals surface area contributed by atoms with Crippen molar-refractivity contribution in [2.45, 2.75) is 45.6 Å². The number of carbonyl (C=O) groups is 2. The first kappa shape index (κ1) is 30.4. The number of amides is 1. The van der Waals surface area contributed by atoms with Gasteiger partial charge in [-0.3, -0.25) is 14.5 Å². The smallest absolute Gasteiger partial charge is 0.295 e. The Hall–Kier alpha value is -3.56. The fourth-order valence-electron chi connectivity index (χ4n) is 5.16. The Balaban J connectivity index is 1.70. The van der Waals surface area contributed by atoms with E-state index in [4.69, 9.17) is 18.9 Å². The summed E-state index contributed by atoms with van der Waals surface area (Å²) in [6, 6.07) is 11.6. The summed E-state index contributed by atoms with van der Waals surface area (Å²) in [5.41, 5.74) is 1.13. The van der Waals surface area contributed by atoms with Crippen molar-refractivity contribution in [3.05, 3.63) is 59.2 Å². The zero-order chi connectivity index (χ0) is 29.2. The third kappa shape index (κ3) is 7.40. The Bertz CT molecular complexity index is 1220. The Kier molecular flexibility index (Phi) is 11.0. The second-order valence-electron chi connectivity index (χ2n) is 10.3. The molecular weight excluding hydrogens is 524 g/mol. The summed E-state index contributed by atoms with van der Waals surface area (Å²) in [6.07, 6.45) is 3.44. The Morgan fingerprint density at radius 1 is 0.951 bits per heavy atom. The lowest BCUT2D eigenvalue weighted by atomic mass is 9.95. The van der Waals surface area contributed by atoms with Crippen LogP contribution in [-0.4, -0.2) is 86.3 Å². The fourth-order valence-corrected chi connectivity index (χ4v) is 5.16. The van der Waals surface area contributed by atoms with Crippen LogP contribution in [0, 0.1) is 0 Å². The molecule has 0 bridgehead atoms. The second kappa shape index (κ2) is 14.9. The maximum absolute atomic E-state index is 13.5. The molecule has 9 heteroatoms. The van der Waals surface area contributed by atoms with E-state index in [9.17, 15) is 14.7 Å². The number of aliphatic hydroxyl groups is 1. The van der Waals surface area contributed by atoms with Gasteiger partial charge in [0.15, 0.2) is 11.5 Å². The van der Waals surface area contributed by atoms with Crippen molar-refractivity contribution in [3.8, 4) is 17.2 Å². The van der Waals surface area contributed by atoms with E-state index < -0.39 is 17.7 Å². The molecule has 0 aromatic heterocycles. The van der Waals surface area contributed by atoms with Crippen LogP contribution in [0.15, 0.2) is 48.0 Å². The number of Topliss-reactive ketones (excluding diaryl/α,β-unsaturated/α-hetero) is 1. The quantitative estimate of drug-likeness (QED) is 0.151. The van der Waals surface area contributed by atoms with Crippen molar-refractivity contribution < 1.29 is 33.6 Å². The number of methoxy groups -OCH3 is 1. The van der Waals surface area contributed by atoms with Gasteiger partial charge in [-0.1, -0.05) is 38.5 Å². The first-order valence-corrected chi connectivity index (χ1v) is 14.6. The van der Waals surface area contributed by atoms with Crippen LogP contribution in [0.4, 0.5) is 0 Å². The highest BCUT2D eigenvalue weighted by atomic mass is 16.5.